The summed E-state index contributed by atoms with van der Waals surface area (Å²) < 4.78 is 0. The number of anilines is 1. The molecule has 0 spiro atoms. The summed E-state index contributed by atoms with van der Waals surface area (Å²) in [4.78, 5) is 44.2. The van der Waals surface area contributed by atoms with Gasteiger partial charge in [-0.1, -0.05) is 24.2 Å². The van der Waals surface area contributed by atoms with Gasteiger partial charge in [0.15, 0.2) is 0 Å². The first-order chi connectivity index (χ1) is 13.7. The van der Waals surface area contributed by atoms with Crippen LogP contribution in [0.1, 0.15) is 16.8 Å². The number of hydrazine groups is 1. The van der Waals surface area contributed by atoms with Crippen LogP contribution in [0.25, 0.3) is 0 Å². The van der Waals surface area contributed by atoms with Crippen molar-refractivity contribution in [2.24, 2.45) is 0 Å². The van der Waals surface area contributed by atoms with Crippen LogP contribution in [-0.4, -0.2) is 21.7 Å². The SMILES string of the molecule is C=C(CC(=O)Nc1cccc([N+](=O)[O-])c1)NNC(=O)c1ccc([N+](=O)[O-])c(Cl)c1. The summed E-state index contributed by atoms with van der Waals surface area (Å²) in [6.45, 7) is 3.59. The highest BCUT2D eigenvalue weighted by atomic mass is 35.5. The smallest absolute Gasteiger partial charge is 0.287 e. The highest BCUT2D eigenvalue weighted by Crippen LogP contribution is 2.24. The van der Waals surface area contributed by atoms with E-state index in [1.54, 1.807) is 0 Å². The van der Waals surface area contributed by atoms with Gasteiger partial charge in [0.25, 0.3) is 17.3 Å². The molecule has 0 aliphatic rings. The minimum Gasteiger partial charge on any atom is -0.326 e. The predicted octanol–water partition coefficient (Wildman–Crippen LogP) is 2.93. The van der Waals surface area contributed by atoms with Gasteiger partial charge < -0.3 is 10.7 Å². The third kappa shape index (κ3) is 6.01. The molecule has 12 heteroatoms. The van der Waals surface area contributed by atoms with Crippen LogP contribution in [0.2, 0.25) is 5.02 Å². The lowest BCUT2D eigenvalue weighted by molar-refractivity contribution is -0.384. The van der Waals surface area contributed by atoms with Crippen molar-refractivity contribution in [2.45, 2.75) is 6.42 Å². The number of carbonyl (C=O) groups is 2. The first-order valence-corrected chi connectivity index (χ1v) is 8.27. The number of nitro groups is 2. The molecule has 2 aromatic rings. The van der Waals surface area contributed by atoms with Gasteiger partial charge in [-0.15, -0.1) is 0 Å². The van der Waals surface area contributed by atoms with E-state index in [-0.39, 0.29) is 39.8 Å². The van der Waals surface area contributed by atoms with Gasteiger partial charge in [0, 0.05) is 35.1 Å². The molecular formula is C17H14ClN5O6. The fraction of sp³-hybridized carbons (Fsp3) is 0.0588. The standard InChI is InChI=1S/C17H14ClN5O6/c1-10(7-16(24)19-12-3-2-4-13(9-12)22(26)27)20-21-17(25)11-5-6-15(23(28)29)14(18)8-11/h2-6,8-9,20H,1,7H2,(H,19,24)(H,21,25). The van der Waals surface area contributed by atoms with Crippen molar-refractivity contribution < 1.29 is 19.4 Å². The zero-order valence-corrected chi connectivity index (χ0v) is 15.4. The third-order valence-corrected chi connectivity index (χ3v) is 3.78. The number of amides is 2. The van der Waals surface area contributed by atoms with Crippen molar-refractivity contribution in [1.82, 2.24) is 10.9 Å². The zero-order chi connectivity index (χ0) is 21.6. The second-order valence-corrected chi connectivity index (χ2v) is 6.05. The van der Waals surface area contributed by atoms with E-state index in [1.807, 2.05) is 0 Å². The molecule has 0 radical (unpaired) electrons. The molecule has 150 valence electrons. The van der Waals surface area contributed by atoms with E-state index in [2.05, 4.69) is 22.7 Å². The van der Waals surface area contributed by atoms with Gasteiger partial charge in [0.05, 0.1) is 16.3 Å². The Hall–Kier alpha value is -3.99. The van der Waals surface area contributed by atoms with Crippen molar-refractivity contribution in [1.29, 1.82) is 0 Å². The van der Waals surface area contributed by atoms with E-state index in [1.165, 1.54) is 30.3 Å². The van der Waals surface area contributed by atoms with Crippen molar-refractivity contribution in [2.75, 3.05) is 5.32 Å². The molecule has 0 saturated carbocycles. The lowest BCUT2D eigenvalue weighted by Gasteiger charge is -2.11. The number of nitrogens with one attached hydrogen (secondary N) is 3. The minimum atomic E-state index is -0.677. The molecule has 2 amide bonds. The second-order valence-electron chi connectivity index (χ2n) is 5.64. The number of non-ortho nitro benzene ring substituents is 1. The lowest BCUT2D eigenvalue weighted by atomic mass is 10.2. The maximum absolute atomic E-state index is 12.1. The van der Waals surface area contributed by atoms with Crippen LogP contribution >= 0.6 is 11.6 Å². The number of hydrogen-bond acceptors (Lipinski definition) is 7. The van der Waals surface area contributed by atoms with E-state index >= 15 is 0 Å². The molecule has 0 bridgehead atoms. The molecule has 0 saturated heterocycles. The van der Waals surface area contributed by atoms with Gasteiger partial charge in [0.1, 0.15) is 5.02 Å². The quantitative estimate of drug-likeness (QED) is 0.438. The first kappa shape index (κ1) is 21.3. The Morgan fingerprint density at radius 2 is 1.76 bits per heavy atom. The number of rotatable bonds is 8. The average Bonchev–Trinajstić information content (AvgIpc) is 2.65. The number of benzene rings is 2. The summed E-state index contributed by atoms with van der Waals surface area (Å²) in [7, 11) is 0. The molecule has 0 aliphatic carbocycles. The van der Waals surface area contributed by atoms with Crippen LogP contribution in [0.5, 0.6) is 0 Å². The second kappa shape index (κ2) is 9.28. The van der Waals surface area contributed by atoms with E-state index in [4.69, 9.17) is 11.6 Å². The van der Waals surface area contributed by atoms with Crippen LogP contribution in [0.15, 0.2) is 54.7 Å². The molecule has 0 atom stereocenters. The summed E-state index contributed by atoms with van der Waals surface area (Å²) in [5.74, 6) is -1.17. The minimum absolute atomic E-state index is 0.0574. The normalized spacial score (nSPS) is 9.97. The first-order valence-electron chi connectivity index (χ1n) is 7.89. The maximum Gasteiger partial charge on any atom is 0.287 e. The molecule has 0 fully saturated rings. The molecule has 3 N–H and O–H groups in total. The topological polar surface area (TPSA) is 157 Å². The van der Waals surface area contributed by atoms with E-state index in [0.717, 1.165) is 12.1 Å². The Labute approximate surface area is 168 Å². The van der Waals surface area contributed by atoms with Gasteiger partial charge in [-0.3, -0.25) is 35.2 Å². The fourth-order valence-corrected chi connectivity index (χ4v) is 2.40. The predicted molar refractivity (Wildman–Crippen MR) is 104 cm³/mol. The molecule has 2 rings (SSSR count). The van der Waals surface area contributed by atoms with Gasteiger partial charge in [-0.25, -0.2) is 0 Å². The van der Waals surface area contributed by atoms with Crippen LogP contribution in [0, 0.1) is 20.2 Å². The third-order valence-electron chi connectivity index (χ3n) is 3.47. The molecule has 11 nitrogen and oxygen atoms in total. The highest BCUT2D eigenvalue weighted by molar-refractivity contribution is 6.33. The van der Waals surface area contributed by atoms with E-state index < -0.39 is 21.7 Å². The van der Waals surface area contributed by atoms with Crippen LogP contribution in [-0.2, 0) is 4.79 Å². The molecule has 0 unspecified atom stereocenters. The summed E-state index contributed by atoms with van der Waals surface area (Å²) in [5.41, 5.74) is 4.65. The van der Waals surface area contributed by atoms with Crippen molar-refractivity contribution in [3.63, 3.8) is 0 Å². The van der Waals surface area contributed by atoms with Crippen LogP contribution in [0.4, 0.5) is 17.1 Å². The summed E-state index contributed by atoms with van der Waals surface area (Å²) in [6.07, 6.45) is -0.232. The van der Waals surface area contributed by atoms with Gasteiger partial charge in [-0.2, -0.15) is 0 Å². The van der Waals surface area contributed by atoms with Gasteiger partial charge in [0.2, 0.25) is 5.91 Å². The Bertz CT molecular complexity index is 1010. The Balaban J connectivity index is 1.87. The van der Waals surface area contributed by atoms with Crippen LogP contribution in [0.3, 0.4) is 0 Å². The molecule has 2 aromatic carbocycles. The van der Waals surface area contributed by atoms with Crippen molar-refractivity contribution in [3.8, 4) is 0 Å². The Morgan fingerprint density at radius 3 is 2.38 bits per heavy atom. The molecule has 0 aliphatic heterocycles. The Morgan fingerprint density at radius 1 is 1.03 bits per heavy atom. The van der Waals surface area contributed by atoms with Crippen molar-refractivity contribution in [3.05, 3.63) is 85.6 Å². The van der Waals surface area contributed by atoms with Crippen molar-refractivity contribution >= 4 is 40.5 Å². The van der Waals surface area contributed by atoms with Gasteiger partial charge >= 0.3 is 0 Å². The fourth-order valence-electron chi connectivity index (χ4n) is 2.15. The largest absolute Gasteiger partial charge is 0.326 e. The summed E-state index contributed by atoms with van der Waals surface area (Å²) in [6, 6.07) is 8.85. The number of hydrogen-bond donors (Lipinski definition) is 3. The number of halogens is 1. The lowest BCUT2D eigenvalue weighted by Crippen LogP contribution is -2.37. The maximum atomic E-state index is 12.1. The summed E-state index contributed by atoms with van der Waals surface area (Å²) in [5, 5.41) is 23.7. The summed E-state index contributed by atoms with van der Waals surface area (Å²) >= 11 is 5.75. The van der Waals surface area contributed by atoms with Crippen LogP contribution < -0.4 is 16.2 Å². The molecule has 0 aromatic heterocycles. The zero-order valence-electron chi connectivity index (χ0n) is 14.7. The molecule has 0 heterocycles. The molecular weight excluding hydrogens is 406 g/mol. The number of carbonyl (C=O) groups excluding carboxylic acids is 2. The monoisotopic (exact) mass is 419 g/mol. The highest BCUT2D eigenvalue weighted by Gasteiger charge is 2.15. The molecule has 29 heavy (non-hydrogen) atoms. The van der Waals surface area contributed by atoms with E-state index in [0.29, 0.717) is 0 Å². The number of nitro benzene ring substituents is 2. The van der Waals surface area contributed by atoms with E-state index in [9.17, 15) is 29.8 Å². The number of nitrogens with zero attached hydrogens (tertiary/aromatic N) is 2. The van der Waals surface area contributed by atoms with Gasteiger partial charge in [-0.05, 0) is 18.2 Å². The average molecular weight is 420 g/mol. The Kier molecular flexibility index (Phi) is 6.82.